The van der Waals surface area contributed by atoms with E-state index >= 15 is 0 Å². The van der Waals surface area contributed by atoms with E-state index in [4.69, 9.17) is 9.47 Å². The summed E-state index contributed by atoms with van der Waals surface area (Å²) in [5, 5.41) is 10.9. The van der Waals surface area contributed by atoms with Crippen LogP contribution in [-0.2, 0) is 14.3 Å². The van der Waals surface area contributed by atoms with Crippen LogP contribution in [0.25, 0.3) is 0 Å². The van der Waals surface area contributed by atoms with Crippen molar-refractivity contribution in [2.75, 3.05) is 6.61 Å². The summed E-state index contributed by atoms with van der Waals surface area (Å²) < 4.78 is 10.4. The first-order valence-corrected chi connectivity index (χ1v) is 7.21. The Kier molecular flexibility index (Phi) is 5.13. The Labute approximate surface area is 134 Å². The van der Waals surface area contributed by atoms with E-state index in [9.17, 15) is 14.7 Å². The summed E-state index contributed by atoms with van der Waals surface area (Å²) in [6.45, 7) is 5.28. The summed E-state index contributed by atoms with van der Waals surface area (Å²) in [7, 11) is 0. The molecule has 120 valence electrons. The average molecular weight is 314 g/mol. The SMILES string of the molecule is C=CC(=O)OC1(O)C(OCC)=CC=CC1C(=O)c1ccccc1. The Morgan fingerprint density at radius 2 is 2.04 bits per heavy atom. The number of carbonyl (C=O) groups is 2. The molecular formula is C18H18O5. The van der Waals surface area contributed by atoms with Gasteiger partial charge in [0.2, 0.25) is 0 Å². The van der Waals surface area contributed by atoms with Crippen molar-refractivity contribution in [2.24, 2.45) is 5.92 Å². The molecule has 0 spiro atoms. The quantitative estimate of drug-likeness (QED) is 0.378. The zero-order valence-corrected chi connectivity index (χ0v) is 12.8. The number of hydrogen-bond donors (Lipinski definition) is 1. The number of ether oxygens (including phenoxy) is 2. The third-order valence-corrected chi connectivity index (χ3v) is 3.39. The van der Waals surface area contributed by atoms with E-state index in [1.807, 2.05) is 0 Å². The maximum atomic E-state index is 12.7. The van der Waals surface area contributed by atoms with Gasteiger partial charge in [0.15, 0.2) is 11.5 Å². The van der Waals surface area contributed by atoms with Crippen molar-refractivity contribution in [3.8, 4) is 0 Å². The Morgan fingerprint density at radius 3 is 2.65 bits per heavy atom. The van der Waals surface area contributed by atoms with Crippen LogP contribution in [-0.4, -0.2) is 29.3 Å². The van der Waals surface area contributed by atoms with Crippen LogP contribution in [0.2, 0.25) is 0 Å². The maximum Gasteiger partial charge on any atom is 0.333 e. The van der Waals surface area contributed by atoms with Crippen molar-refractivity contribution in [1.29, 1.82) is 0 Å². The molecule has 0 amide bonds. The lowest BCUT2D eigenvalue weighted by Crippen LogP contribution is -2.48. The van der Waals surface area contributed by atoms with E-state index in [-0.39, 0.29) is 18.1 Å². The molecule has 0 heterocycles. The first kappa shape index (κ1) is 16.7. The van der Waals surface area contributed by atoms with Crippen LogP contribution in [0.5, 0.6) is 0 Å². The van der Waals surface area contributed by atoms with Crippen LogP contribution in [0.3, 0.4) is 0 Å². The number of rotatable bonds is 6. The molecule has 0 fully saturated rings. The van der Waals surface area contributed by atoms with Crippen LogP contribution in [0, 0.1) is 5.92 Å². The minimum absolute atomic E-state index is 0.00646. The third kappa shape index (κ3) is 3.40. The van der Waals surface area contributed by atoms with Gasteiger partial charge in [-0.3, -0.25) is 4.79 Å². The van der Waals surface area contributed by atoms with Gasteiger partial charge >= 0.3 is 5.97 Å². The number of aliphatic hydroxyl groups is 1. The zero-order chi connectivity index (χ0) is 16.9. The number of Topliss-reactive ketones (excluding diaryl/α,β-unsaturated/α-hetero) is 1. The van der Waals surface area contributed by atoms with Gasteiger partial charge in [-0.25, -0.2) is 4.79 Å². The van der Waals surface area contributed by atoms with Gasteiger partial charge in [0.05, 0.1) is 6.61 Å². The number of carbonyl (C=O) groups excluding carboxylic acids is 2. The van der Waals surface area contributed by atoms with E-state index in [0.29, 0.717) is 5.56 Å². The third-order valence-electron chi connectivity index (χ3n) is 3.39. The van der Waals surface area contributed by atoms with Gasteiger partial charge in [0.25, 0.3) is 5.79 Å². The summed E-state index contributed by atoms with van der Waals surface area (Å²) in [6.07, 6.45) is 5.46. The molecule has 1 aromatic carbocycles. The van der Waals surface area contributed by atoms with Crippen molar-refractivity contribution in [1.82, 2.24) is 0 Å². The number of allylic oxidation sites excluding steroid dienone is 2. The molecule has 0 saturated heterocycles. The Balaban J connectivity index is 2.41. The van der Waals surface area contributed by atoms with Crippen LogP contribution in [0.4, 0.5) is 0 Å². The molecule has 2 rings (SSSR count). The van der Waals surface area contributed by atoms with Crippen molar-refractivity contribution in [3.05, 3.63) is 72.5 Å². The molecule has 0 saturated carbocycles. The van der Waals surface area contributed by atoms with Crippen molar-refractivity contribution < 1.29 is 24.2 Å². The summed E-state index contributed by atoms with van der Waals surface area (Å²) in [5.74, 6) is -4.54. The van der Waals surface area contributed by atoms with Gasteiger partial charge in [0.1, 0.15) is 5.92 Å². The van der Waals surface area contributed by atoms with E-state index in [2.05, 4.69) is 6.58 Å². The van der Waals surface area contributed by atoms with E-state index in [1.54, 1.807) is 43.3 Å². The molecule has 0 aliphatic heterocycles. The van der Waals surface area contributed by atoms with E-state index < -0.39 is 17.7 Å². The lowest BCUT2D eigenvalue weighted by Gasteiger charge is -2.35. The molecular weight excluding hydrogens is 296 g/mol. The van der Waals surface area contributed by atoms with E-state index in [1.165, 1.54) is 12.2 Å². The largest absolute Gasteiger partial charge is 0.491 e. The smallest absolute Gasteiger partial charge is 0.333 e. The van der Waals surface area contributed by atoms with Crippen LogP contribution in [0.1, 0.15) is 17.3 Å². The van der Waals surface area contributed by atoms with Crippen molar-refractivity contribution >= 4 is 11.8 Å². The lowest BCUT2D eigenvalue weighted by molar-refractivity contribution is -0.211. The highest BCUT2D eigenvalue weighted by Crippen LogP contribution is 2.35. The highest BCUT2D eigenvalue weighted by Gasteiger charge is 2.49. The fourth-order valence-corrected chi connectivity index (χ4v) is 2.32. The van der Waals surface area contributed by atoms with Crippen LogP contribution in [0.15, 0.2) is 67.0 Å². The van der Waals surface area contributed by atoms with Gasteiger partial charge in [0, 0.05) is 11.6 Å². The molecule has 5 heteroatoms. The van der Waals surface area contributed by atoms with Gasteiger partial charge in [-0.1, -0.05) is 49.1 Å². The Morgan fingerprint density at radius 1 is 1.35 bits per heavy atom. The fraction of sp³-hybridized carbons (Fsp3) is 0.222. The number of esters is 1. The molecule has 1 aliphatic rings. The summed E-state index contributed by atoms with van der Waals surface area (Å²) in [5.41, 5.74) is 0.396. The highest BCUT2D eigenvalue weighted by molar-refractivity contribution is 6.00. The first-order chi connectivity index (χ1) is 11.0. The molecule has 1 aliphatic carbocycles. The standard InChI is InChI=1S/C18H18O5/c1-3-16(19)23-18(21)14(11-8-12-15(18)22-4-2)17(20)13-9-6-5-7-10-13/h3,5-12,14,21H,1,4H2,2H3. The summed E-state index contributed by atoms with van der Waals surface area (Å²) >= 11 is 0. The second kappa shape index (κ2) is 7.07. The predicted octanol–water partition coefficient (Wildman–Crippen LogP) is 2.39. The fourth-order valence-electron chi connectivity index (χ4n) is 2.32. The topological polar surface area (TPSA) is 72.8 Å². The average Bonchev–Trinajstić information content (AvgIpc) is 2.57. The van der Waals surface area contributed by atoms with Crippen molar-refractivity contribution in [3.63, 3.8) is 0 Å². The minimum atomic E-state index is -2.21. The van der Waals surface area contributed by atoms with Gasteiger partial charge < -0.3 is 14.6 Å². The van der Waals surface area contributed by atoms with Gasteiger partial charge in [-0.2, -0.15) is 0 Å². The van der Waals surface area contributed by atoms with Gasteiger partial charge in [-0.05, 0) is 13.0 Å². The van der Waals surface area contributed by atoms with Gasteiger partial charge in [-0.15, -0.1) is 0 Å². The monoisotopic (exact) mass is 314 g/mol. The first-order valence-electron chi connectivity index (χ1n) is 7.21. The molecule has 23 heavy (non-hydrogen) atoms. The summed E-state index contributed by atoms with van der Waals surface area (Å²) in [4.78, 5) is 24.3. The number of benzene rings is 1. The number of ketones is 1. The second-order valence-corrected chi connectivity index (χ2v) is 4.88. The molecule has 0 aromatic heterocycles. The minimum Gasteiger partial charge on any atom is -0.491 e. The number of hydrogen-bond acceptors (Lipinski definition) is 5. The summed E-state index contributed by atoms with van der Waals surface area (Å²) in [6, 6.07) is 8.47. The normalized spacial score (nSPS) is 22.9. The van der Waals surface area contributed by atoms with Crippen LogP contribution < -0.4 is 0 Å². The van der Waals surface area contributed by atoms with Crippen LogP contribution >= 0.6 is 0 Å². The molecule has 0 radical (unpaired) electrons. The Bertz CT molecular complexity index is 659. The van der Waals surface area contributed by atoms with E-state index in [0.717, 1.165) is 6.08 Å². The molecule has 1 aromatic rings. The Hall–Kier alpha value is -2.66. The highest BCUT2D eigenvalue weighted by atomic mass is 16.7. The van der Waals surface area contributed by atoms with Crippen molar-refractivity contribution in [2.45, 2.75) is 12.7 Å². The maximum absolute atomic E-state index is 12.7. The second-order valence-electron chi connectivity index (χ2n) is 4.88. The molecule has 1 N–H and O–H groups in total. The zero-order valence-electron chi connectivity index (χ0n) is 12.8. The lowest BCUT2D eigenvalue weighted by atomic mass is 9.85. The molecule has 5 nitrogen and oxygen atoms in total. The molecule has 0 bridgehead atoms. The predicted molar refractivity (Wildman–Crippen MR) is 84.4 cm³/mol. The molecule has 2 atom stereocenters. The molecule has 2 unspecified atom stereocenters.